The van der Waals surface area contributed by atoms with Crippen LogP contribution in [0.15, 0.2) is 71.2 Å². The molecule has 0 aliphatic rings. The van der Waals surface area contributed by atoms with Crippen molar-refractivity contribution in [3.8, 4) is 16.5 Å². The Kier molecular flexibility index (Phi) is 7.01. The zero-order valence-corrected chi connectivity index (χ0v) is 19.1. The van der Waals surface area contributed by atoms with Crippen molar-refractivity contribution in [1.29, 1.82) is 0 Å². The van der Waals surface area contributed by atoms with Crippen LogP contribution in [-0.2, 0) is 11.3 Å². The van der Waals surface area contributed by atoms with Gasteiger partial charge >= 0.3 is 0 Å². The SMILES string of the molecule is COc1cc([N+](=O)[O-])ccc1NC(=O)CSc1nnc(-c2cccs2)n1Cc1ccccc1. The van der Waals surface area contributed by atoms with Crippen molar-refractivity contribution < 1.29 is 14.5 Å². The van der Waals surface area contributed by atoms with Crippen LogP contribution < -0.4 is 10.1 Å². The number of nitro groups is 1. The van der Waals surface area contributed by atoms with E-state index in [1.807, 2.05) is 52.4 Å². The lowest BCUT2D eigenvalue weighted by Gasteiger charge is -2.11. The smallest absolute Gasteiger partial charge is 0.273 e. The molecule has 4 aromatic rings. The van der Waals surface area contributed by atoms with Gasteiger partial charge in [-0.15, -0.1) is 21.5 Å². The van der Waals surface area contributed by atoms with Gasteiger partial charge in [0.05, 0.1) is 41.0 Å². The number of thiophene rings is 1. The molecular weight excluding hydrogens is 462 g/mol. The molecule has 0 saturated carbocycles. The van der Waals surface area contributed by atoms with Crippen LogP contribution in [0, 0.1) is 10.1 Å². The maximum Gasteiger partial charge on any atom is 0.273 e. The van der Waals surface area contributed by atoms with E-state index >= 15 is 0 Å². The number of anilines is 1. The maximum absolute atomic E-state index is 12.6. The quantitative estimate of drug-likeness (QED) is 0.209. The Bertz CT molecular complexity index is 1260. The predicted octanol–water partition coefficient (Wildman–Crippen LogP) is 4.70. The lowest BCUT2D eigenvalue weighted by molar-refractivity contribution is -0.384. The first-order valence-electron chi connectivity index (χ1n) is 9.81. The van der Waals surface area contributed by atoms with Gasteiger partial charge in [0.15, 0.2) is 11.0 Å². The number of benzene rings is 2. The molecule has 2 heterocycles. The highest BCUT2D eigenvalue weighted by Crippen LogP contribution is 2.30. The number of carbonyl (C=O) groups excluding carboxylic acids is 1. The molecule has 0 atom stereocenters. The molecule has 0 bridgehead atoms. The van der Waals surface area contributed by atoms with E-state index in [1.54, 1.807) is 11.3 Å². The van der Waals surface area contributed by atoms with Crippen LogP contribution in [0.4, 0.5) is 11.4 Å². The molecule has 1 N–H and O–H groups in total. The second-order valence-corrected chi connectivity index (χ2v) is 8.72. The Hall–Kier alpha value is -3.70. The van der Waals surface area contributed by atoms with E-state index in [-0.39, 0.29) is 23.1 Å². The lowest BCUT2D eigenvalue weighted by Crippen LogP contribution is -2.15. The van der Waals surface area contributed by atoms with Crippen molar-refractivity contribution >= 4 is 40.4 Å². The van der Waals surface area contributed by atoms with E-state index < -0.39 is 4.92 Å². The molecule has 9 nitrogen and oxygen atoms in total. The van der Waals surface area contributed by atoms with Crippen LogP contribution in [0.25, 0.3) is 10.7 Å². The summed E-state index contributed by atoms with van der Waals surface area (Å²) in [6, 6.07) is 17.9. The first kappa shape index (κ1) is 22.5. The number of nitrogens with one attached hydrogen (secondary N) is 1. The first-order valence-corrected chi connectivity index (χ1v) is 11.7. The average molecular weight is 482 g/mol. The number of nitrogens with zero attached hydrogens (tertiary/aromatic N) is 4. The molecule has 0 fully saturated rings. The van der Waals surface area contributed by atoms with Gasteiger partial charge < -0.3 is 10.1 Å². The average Bonchev–Trinajstić information content (AvgIpc) is 3.48. The molecular formula is C22H19N5O4S2. The van der Waals surface area contributed by atoms with Crippen molar-refractivity contribution in [1.82, 2.24) is 14.8 Å². The van der Waals surface area contributed by atoms with Gasteiger partial charge in [0.1, 0.15) is 5.75 Å². The molecule has 2 aromatic carbocycles. The Labute approximate surface area is 197 Å². The molecule has 0 unspecified atom stereocenters. The van der Waals surface area contributed by atoms with Gasteiger partial charge in [0.25, 0.3) is 5.69 Å². The molecule has 0 spiro atoms. The fourth-order valence-electron chi connectivity index (χ4n) is 3.11. The Morgan fingerprint density at radius 2 is 2.00 bits per heavy atom. The number of non-ortho nitro benzene ring substituents is 1. The molecule has 11 heteroatoms. The number of hydrogen-bond donors (Lipinski definition) is 1. The summed E-state index contributed by atoms with van der Waals surface area (Å²) >= 11 is 2.84. The van der Waals surface area contributed by atoms with Gasteiger partial charge in [-0.1, -0.05) is 48.2 Å². The minimum absolute atomic E-state index is 0.0809. The number of hydrogen-bond acceptors (Lipinski definition) is 8. The third kappa shape index (κ3) is 5.38. The van der Waals surface area contributed by atoms with Crippen LogP contribution >= 0.6 is 23.1 Å². The zero-order valence-electron chi connectivity index (χ0n) is 17.5. The summed E-state index contributed by atoms with van der Waals surface area (Å²) in [5.74, 6) is 0.750. The van der Waals surface area contributed by atoms with Crippen LogP contribution in [-0.4, -0.2) is 38.5 Å². The van der Waals surface area contributed by atoms with Crippen molar-refractivity contribution in [2.45, 2.75) is 11.7 Å². The molecule has 0 radical (unpaired) electrons. The van der Waals surface area contributed by atoms with Crippen LogP contribution in [0.3, 0.4) is 0 Å². The molecule has 33 heavy (non-hydrogen) atoms. The fourth-order valence-corrected chi connectivity index (χ4v) is 4.56. The largest absolute Gasteiger partial charge is 0.494 e. The number of nitro benzene ring substituents is 1. The summed E-state index contributed by atoms with van der Waals surface area (Å²) in [6.45, 7) is 0.571. The van der Waals surface area contributed by atoms with Crippen molar-refractivity contribution in [2.24, 2.45) is 0 Å². The zero-order chi connectivity index (χ0) is 23.2. The summed E-state index contributed by atoms with van der Waals surface area (Å²) in [7, 11) is 1.39. The summed E-state index contributed by atoms with van der Waals surface area (Å²) in [5, 5.41) is 25.0. The maximum atomic E-state index is 12.6. The van der Waals surface area contributed by atoms with Gasteiger partial charge in [0.2, 0.25) is 5.91 Å². The van der Waals surface area contributed by atoms with E-state index in [9.17, 15) is 14.9 Å². The molecule has 0 saturated heterocycles. The highest BCUT2D eigenvalue weighted by Gasteiger charge is 2.18. The first-order chi connectivity index (χ1) is 16.0. The normalized spacial score (nSPS) is 10.7. The van der Waals surface area contributed by atoms with Crippen molar-refractivity contribution in [2.75, 3.05) is 18.2 Å². The molecule has 168 valence electrons. The van der Waals surface area contributed by atoms with E-state index in [2.05, 4.69) is 15.5 Å². The van der Waals surface area contributed by atoms with Gasteiger partial charge in [-0.3, -0.25) is 19.5 Å². The van der Waals surface area contributed by atoms with Crippen molar-refractivity contribution in [3.63, 3.8) is 0 Å². The van der Waals surface area contributed by atoms with Crippen LogP contribution in [0.1, 0.15) is 5.56 Å². The standard InChI is InChI=1S/C22H19N5O4S2/c1-31-18-12-16(27(29)30)9-10-17(18)23-20(28)14-33-22-25-24-21(19-8-5-11-32-19)26(22)13-15-6-3-2-4-7-15/h2-12H,13-14H2,1H3,(H,23,28). The number of ether oxygens (including phenoxy) is 1. The van der Waals surface area contributed by atoms with Gasteiger partial charge in [-0.2, -0.15) is 0 Å². The van der Waals surface area contributed by atoms with E-state index in [4.69, 9.17) is 4.74 Å². The van der Waals surface area contributed by atoms with Crippen molar-refractivity contribution in [3.05, 3.63) is 81.7 Å². The highest BCUT2D eigenvalue weighted by molar-refractivity contribution is 7.99. The fraction of sp³-hybridized carbons (Fsp3) is 0.136. The summed E-state index contributed by atoms with van der Waals surface area (Å²) in [6.07, 6.45) is 0. The minimum atomic E-state index is -0.519. The number of aromatic nitrogens is 3. The molecule has 1 amide bonds. The number of amides is 1. The summed E-state index contributed by atoms with van der Waals surface area (Å²) in [4.78, 5) is 24.0. The van der Waals surface area contributed by atoms with Gasteiger partial charge in [-0.25, -0.2) is 0 Å². The monoisotopic (exact) mass is 481 g/mol. The van der Waals surface area contributed by atoms with Crippen LogP contribution in [0.5, 0.6) is 5.75 Å². The van der Waals surface area contributed by atoms with E-state index in [0.717, 1.165) is 16.3 Å². The number of rotatable bonds is 9. The van der Waals surface area contributed by atoms with Gasteiger partial charge in [-0.05, 0) is 23.1 Å². The highest BCUT2D eigenvalue weighted by atomic mass is 32.2. The molecule has 2 aromatic heterocycles. The molecule has 4 rings (SSSR count). The minimum Gasteiger partial charge on any atom is -0.494 e. The second kappa shape index (κ2) is 10.3. The topological polar surface area (TPSA) is 112 Å². The van der Waals surface area contributed by atoms with E-state index in [0.29, 0.717) is 17.4 Å². The molecule has 0 aliphatic carbocycles. The number of carbonyl (C=O) groups is 1. The Balaban J connectivity index is 1.50. The van der Waals surface area contributed by atoms with Crippen LogP contribution in [0.2, 0.25) is 0 Å². The van der Waals surface area contributed by atoms with E-state index in [1.165, 1.54) is 37.1 Å². The second-order valence-electron chi connectivity index (χ2n) is 6.83. The summed E-state index contributed by atoms with van der Waals surface area (Å²) < 4.78 is 7.17. The third-order valence-corrected chi connectivity index (χ3v) is 6.48. The number of methoxy groups -OCH3 is 1. The third-order valence-electron chi connectivity index (χ3n) is 4.64. The Morgan fingerprint density at radius 3 is 2.70 bits per heavy atom. The summed E-state index contributed by atoms with van der Waals surface area (Å²) in [5.41, 5.74) is 1.34. The molecule has 0 aliphatic heterocycles. The van der Waals surface area contributed by atoms with Gasteiger partial charge in [0, 0.05) is 6.07 Å². The Morgan fingerprint density at radius 1 is 1.18 bits per heavy atom. The number of thioether (sulfide) groups is 1. The lowest BCUT2D eigenvalue weighted by atomic mass is 10.2. The predicted molar refractivity (Wildman–Crippen MR) is 128 cm³/mol.